The quantitative estimate of drug-likeness (QED) is 0.0683. The molecule has 0 aromatic heterocycles. The molecule has 0 heterocycles. The molecule has 0 aliphatic carbocycles. The fourth-order valence-corrected chi connectivity index (χ4v) is 11.3. The van der Waals surface area contributed by atoms with E-state index in [9.17, 15) is 26.7 Å². The van der Waals surface area contributed by atoms with Crippen molar-refractivity contribution in [3.8, 4) is 0 Å². The molecule has 1 aromatic carbocycles. The summed E-state index contributed by atoms with van der Waals surface area (Å²) in [6.45, 7) is 4.86. The second-order valence-corrected chi connectivity index (χ2v) is 15.2. The van der Waals surface area contributed by atoms with Crippen molar-refractivity contribution >= 4 is 12.8 Å². The second kappa shape index (κ2) is 14.4. The van der Waals surface area contributed by atoms with Gasteiger partial charge in [-0.25, -0.2) is 0 Å². The molecule has 0 unspecified atom stereocenters. The Morgan fingerprint density at radius 2 is 0.912 bits per heavy atom. The van der Waals surface area contributed by atoms with E-state index in [-0.39, 0.29) is 0 Å². The van der Waals surface area contributed by atoms with E-state index in [0.717, 1.165) is 70.6 Å². The van der Waals surface area contributed by atoms with Crippen LogP contribution in [0.2, 0.25) is 0 Å². The number of hydrogen-bond donors (Lipinski definition) is 0. The van der Waals surface area contributed by atoms with Crippen LogP contribution in [-0.2, 0) is 4.52 Å². The van der Waals surface area contributed by atoms with Gasteiger partial charge in [-0.2, -0.15) is 0 Å². The van der Waals surface area contributed by atoms with Crippen molar-refractivity contribution in [1.29, 1.82) is 0 Å². The van der Waals surface area contributed by atoms with Crippen molar-refractivity contribution in [2.24, 2.45) is 0 Å². The Morgan fingerprint density at radius 1 is 0.559 bits per heavy atom. The summed E-state index contributed by atoms with van der Waals surface area (Å²) < 4.78 is 76.5. The zero-order valence-corrected chi connectivity index (χ0v) is 22.2. The van der Waals surface area contributed by atoms with Crippen LogP contribution in [0.15, 0.2) is 0 Å². The summed E-state index contributed by atoms with van der Waals surface area (Å²) in [5.41, 5.74) is -1.47. The molecule has 0 fully saturated rings. The number of rotatable bonds is 17. The first-order valence-electron chi connectivity index (χ1n) is 12.9. The zero-order valence-electron chi connectivity index (χ0n) is 21.3. The first-order valence-corrected chi connectivity index (χ1v) is 15.8. The van der Waals surface area contributed by atoms with E-state index in [0.29, 0.717) is 24.6 Å². The van der Waals surface area contributed by atoms with E-state index >= 15 is 0 Å². The minimum absolute atomic E-state index is 0.622. The standard InChI is InChI=1S/C26H42F5O2P/c1-5-9-13-14-15-19-34(16-10-6-2,17-11-7-3,18-12-8-4)33-26(32)20-21(27)23(29)25(31)24(30)22(20)28/h5-19H2,1-4H3. The molecular weight excluding hydrogens is 470 g/mol. The Hall–Kier alpha value is -1.23. The molecule has 2 nitrogen and oxygen atoms in total. The van der Waals surface area contributed by atoms with Gasteiger partial charge in [0.25, 0.3) is 0 Å². The van der Waals surface area contributed by atoms with Crippen LogP contribution < -0.4 is 0 Å². The SMILES string of the molecule is CCCCCCCP(CCCC)(CCCC)(CCCC)OC(=O)c1c(F)c(F)c(F)c(F)c1F. The molecule has 1 rings (SSSR count). The minimum atomic E-state index is -3.34. The Kier molecular flexibility index (Phi) is 13.0. The maximum atomic E-state index is 14.5. The van der Waals surface area contributed by atoms with Crippen molar-refractivity contribution in [3.63, 3.8) is 0 Å². The van der Waals surface area contributed by atoms with Gasteiger partial charge in [0.2, 0.25) is 0 Å². The molecule has 0 N–H and O–H groups in total. The summed E-state index contributed by atoms with van der Waals surface area (Å²) >= 11 is 0. The number of hydrogen-bond acceptors (Lipinski definition) is 2. The Balaban J connectivity index is 3.56. The molecule has 0 amide bonds. The van der Waals surface area contributed by atoms with Crippen molar-refractivity contribution < 1.29 is 31.3 Å². The van der Waals surface area contributed by atoms with Gasteiger partial charge < -0.3 is 0 Å². The normalized spacial score (nSPS) is 13.0. The maximum absolute atomic E-state index is 14.5. The van der Waals surface area contributed by atoms with Gasteiger partial charge in [-0.3, -0.25) is 0 Å². The number of carbonyl (C=O) groups excluding carboxylic acids is 1. The van der Waals surface area contributed by atoms with Crippen LogP contribution in [0, 0.1) is 29.1 Å². The van der Waals surface area contributed by atoms with Crippen LogP contribution in [0.5, 0.6) is 0 Å². The molecule has 0 aliphatic heterocycles. The van der Waals surface area contributed by atoms with Crippen molar-refractivity contribution in [3.05, 3.63) is 34.6 Å². The first kappa shape index (κ1) is 30.8. The van der Waals surface area contributed by atoms with E-state index in [1.807, 2.05) is 20.8 Å². The summed E-state index contributed by atoms with van der Waals surface area (Å²) in [7, 11) is 0. The summed E-state index contributed by atoms with van der Waals surface area (Å²) in [6.07, 6.45) is 12.4. The van der Waals surface area contributed by atoms with Gasteiger partial charge >= 0.3 is 202 Å². The fourth-order valence-electron chi connectivity index (χ4n) is 4.71. The fraction of sp³-hybridized carbons (Fsp3) is 0.731. The number of halogens is 5. The van der Waals surface area contributed by atoms with E-state index in [2.05, 4.69) is 6.92 Å². The van der Waals surface area contributed by atoms with E-state index < -0.39 is 47.4 Å². The average molecular weight is 513 g/mol. The molecule has 0 saturated heterocycles. The van der Waals surface area contributed by atoms with Crippen molar-refractivity contribution in [1.82, 2.24) is 0 Å². The predicted molar refractivity (Wildman–Crippen MR) is 132 cm³/mol. The van der Waals surface area contributed by atoms with Gasteiger partial charge in [-0.05, 0) is 0 Å². The Morgan fingerprint density at radius 3 is 1.32 bits per heavy atom. The molecule has 0 bridgehead atoms. The second-order valence-electron chi connectivity index (χ2n) is 9.55. The Bertz CT molecular complexity index is 746. The summed E-state index contributed by atoms with van der Waals surface area (Å²) in [5, 5.41) is 0. The van der Waals surface area contributed by atoms with Gasteiger partial charge in [0.1, 0.15) is 0 Å². The third kappa shape index (κ3) is 7.63. The molecule has 0 radical (unpaired) electrons. The Labute approximate surface area is 202 Å². The molecule has 1 aromatic rings. The third-order valence-corrected chi connectivity index (χ3v) is 13.3. The van der Waals surface area contributed by atoms with Crippen LogP contribution in [0.25, 0.3) is 0 Å². The zero-order chi connectivity index (χ0) is 25.8. The first-order chi connectivity index (χ1) is 16.1. The van der Waals surface area contributed by atoms with E-state index in [4.69, 9.17) is 4.52 Å². The molecule has 0 saturated carbocycles. The topological polar surface area (TPSA) is 26.3 Å². The molecule has 0 spiro atoms. The molecule has 0 aliphatic rings. The predicted octanol–water partition coefficient (Wildman–Crippen LogP) is 9.38. The number of unbranched alkanes of at least 4 members (excludes halogenated alkanes) is 7. The van der Waals surface area contributed by atoms with Crippen molar-refractivity contribution in [2.45, 2.75) is 98.3 Å². The van der Waals surface area contributed by atoms with Gasteiger partial charge in [0, 0.05) is 0 Å². The summed E-state index contributed by atoms with van der Waals surface area (Å²) in [5.74, 6) is -12.2. The third-order valence-electron chi connectivity index (χ3n) is 6.81. The molecule has 34 heavy (non-hydrogen) atoms. The van der Waals surface area contributed by atoms with Crippen LogP contribution in [0.1, 0.15) is 109 Å². The van der Waals surface area contributed by atoms with E-state index in [1.165, 1.54) is 0 Å². The van der Waals surface area contributed by atoms with Gasteiger partial charge in [-0.1, -0.05) is 0 Å². The van der Waals surface area contributed by atoms with Crippen LogP contribution in [0.3, 0.4) is 0 Å². The number of carbonyl (C=O) groups is 1. The average Bonchev–Trinajstić information content (AvgIpc) is 2.83. The molecule has 198 valence electrons. The van der Waals surface area contributed by atoms with E-state index in [1.54, 1.807) is 0 Å². The van der Waals surface area contributed by atoms with Crippen LogP contribution in [-0.4, -0.2) is 30.6 Å². The summed E-state index contributed by atoms with van der Waals surface area (Å²) in [4.78, 5) is 13.2. The number of benzene rings is 1. The summed E-state index contributed by atoms with van der Waals surface area (Å²) in [6, 6.07) is 0. The van der Waals surface area contributed by atoms with Gasteiger partial charge in [0.05, 0.1) is 0 Å². The van der Waals surface area contributed by atoms with Gasteiger partial charge in [-0.15, -0.1) is 0 Å². The van der Waals surface area contributed by atoms with Crippen LogP contribution in [0.4, 0.5) is 22.0 Å². The molecule has 0 atom stereocenters. The van der Waals surface area contributed by atoms with Crippen molar-refractivity contribution in [2.75, 3.05) is 24.6 Å². The van der Waals surface area contributed by atoms with Crippen LogP contribution >= 0.6 is 6.83 Å². The molecule has 8 heteroatoms. The monoisotopic (exact) mass is 512 g/mol. The molecular formula is C26H42F5O2P. The van der Waals surface area contributed by atoms with Gasteiger partial charge in [0.15, 0.2) is 0 Å².